The van der Waals surface area contributed by atoms with Crippen molar-refractivity contribution in [2.75, 3.05) is 0 Å². The van der Waals surface area contributed by atoms with Gasteiger partial charge < -0.3 is 26.2 Å². The molecule has 6 nitrogen and oxygen atoms in total. The normalized spacial score (nSPS) is 11.4. The molecule has 6 N–H and O–H groups in total. The first-order valence-corrected chi connectivity index (χ1v) is 7.45. The van der Waals surface area contributed by atoms with Gasteiger partial charge in [-0.2, -0.15) is 0 Å². The van der Waals surface area contributed by atoms with Crippen LogP contribution in [-0.2, 0) is 0 Å². The Morgan fingerprint density at radius 1 is 0.760 bits per heavy atom. The van der Waals surface area contributed by atoms with Crippen LogP contribution in [0, 0.1) is 0 Å². The number of hydrogen-bond donors (Lipinski definition) is 5. The highest BCUT2D eigenvalue weighted by atomic mass is 16.3. The molecule has 0 radical (unpaired) electrons. The molecule has 124 valence electrons. The summed E-state index contributed by atoms with van der Waals surface area (Å²) in [5, 5.41) is 43.8. The first kappa shape index (κ1) is 14.9. The van der Waals surface area contributed by atoms with E-state index in [4.69, 9.17) is 5.73 Å². The summed E-state index contributed by atoms with van der Waals surface area (Å²) in [4.78, 5) is 11.5. The topological polar surface area (TPSA) is 124 Å². The van der Waals surface area contributed by atoms with Crippen molar-refractivity contribution in [3.05, 3.63) is 48.0 Å². The van der Waals surface area contributed by atoms with Gasteiger partial charge in [0.25, 0.3) is 5.91 Å². The molecule has 6 heteroatoms. The van der Waals surface area contributed by atoms with Crippen molar-refractivity contribution in [3.63, 3.8) is 0 Å². The van der Waals surface area contributed by atoms with E-state index < -0.39 is 28.7 Å². The van der Waals surface area contributed by atoms with E-state index in [0.29, 0.717) is 16.2 Å². The predicted octanol–water partition coefficient (Wildman–Crippen LogP) is 3.07. The van der Waals surface area contributed by atoms with Crippen molar-refractivity contribution in [3.8, 4) is 23.0 Å². The van der Waals surface area contributed by atoms with Gasteiger partial charge in [0.15, 0.2) is 0 Å². The maximum atomic E-state index is 11.5. The van der Waals surface area contributed by atoms with Crippen LogP contribution in [0.3, 0.4) is 0 Å². The number of benzene rings is 4. The van der Waals surface area contributed by atoms with Gasteiger partial charge in [-0.1, -0.05) is 24.3 Å². The molecule has 0 spiro atoms. The molecule has 0 aromatic heterocycles. The first-order chi connectivity index (χ1) is 11.9. The SMILES string of the molecule is NC(=O)c1c(O)cc2cc3cc4ccccc4c(O)c3c(O)c2c1O. The maximum Gasteiger partial charge on any atom is 0.256 e. The van der Waals surface area contributed by atoms with E-state index >= 15 is 0 Å². The molecule has 4 aromatic carbocycles. The molecular weight excluding hydrogens is 322 g/mol. The van der Waals surface area contributed by atoms with Crippen molar-refractivity contribution >= 4 is 38.2 Å². The minimum atomic E-state index is -1.03. The predicted molar refractivity (Wildman–Crippen MR) is 94.1 cm³/mol. The Morgan fingerprint density at radius 3 is 2.08 bits per heavy atom. The molecule has 0 aliphatic rings. The number of aromatic hydroxyl groups is 4. The fourth-order valence-electron chi connectivity index (χ4n) is 3.29. The third-order valence-electron chi connectivity index (χ3n) is 4.39. The number of carbonyl (C=O) groups is 1. The van der Waals surface area contributed by atoms with Crippen LogP contribution in [0.1, 0.15) is 10.4 Å². The Labute approximate surface area is 141 Å². The van der Waals surface area contributed by atoms with Crippen LogP contribution >= 0.6 is 0 Å². The van der Waals surface area contributed by atoms with Crippen LogP contribution in [0.5, 0.6) is 23.0 Å². The van der Waals surface area contributed by atoms with Crippen LogP contribution < -0.4 is 5.73 Å². The van der Waals surface area contributed by atoms with Crippen molar-refractivity contribution in [1.29, 1.82) is 0 Å². The molecular formula is C19H13NO5. The van der Waals surface area contributed by atoms with Gasteiger partial charge in [-0.3, -0.25) is 4.79 Å². The Bertz CT molecular complexity index is 1210. The van der Waals surface area contributed by atoms with Gasteiger partial charge in [-0.15, -0.1) is 0 Å². The van der Waals surface area contributed by atoms with Crippen LogP contribution in [0.2, 0.25) is 0 Å². The largest absolute Gasteiger partial charge is 0.507 e. The monoisotopic (exact) mass is 335 g/mol. The van der Waals surface area contributed by atoms with Gasteiger partial charge in [0.05, 0.1) is 10.8 Å². The van der Waals surface area contributed by atoms with Gasteiger partial charge in [0.2, 0.25) is 0 Å². The third-order valence-corrected chi connectivity index (χ3v) is 4.39. The van der Waals surface area contributed by atoms with Gasteiger partial charge in [-0.25, -0.2) is 0 Å². The lowest BCUT2D eigenvalue weighted by Crippen LogP contribution is -2.11. The smallest absolute Gasteiger partial charge is 0.256 e. The fourth-order valence-corrected chi connectivity index (χ4v) is 3.29. The van der Waals surface area contributed by atoms with Crippen LogP contribution in [0.15, 0.2) is 42.5 Å². The molecule has 0 aliphatic carbocycles. The van der Waals surface area contributed by atoms with Gasteiger partial charge in [0.1, 0.15) is 28.6 Å². The molecule has 1 amide bonds. The number of amides is 1. The number of hydrogen-bond acceptors (Lipinski definition) is 5. The number of primary amides is 1. The molecule has 0 atom stereocenters. The van der Waals surface area contributed by atoms with Crippen molar-refractivity contribution in [2.45, 2.75) is 0 Å². The van der Waals surface area contributed by atoms with E-state index in [0.717, 1.165) is 5.39 Å². The number of rotatable bonds is 1. The minimum Gasteiger partial charge on any atom is -0.507 e. The summed E-state index contributed by atoms with van der Waals surface area (Å²) in [7, 11) is 0. The fraction of sp³-hybridized carbons (Fsp3) is 0. The molecule has 4 rings (SSSR count). The minimum absolute atomic E-state index is 0.0651. The average Bonchev–Trinajstić information content (AvgIpc) is 2.53. The standard InChI is InChI=1S/C19H13NO5/c20-19(25)15-12(21)7-10-6-9-5-8-3-1-2-4-11(8)16(22)13(9)17(23)14(10)18(15)24/h1-7,21-24H,(H2,20,25). The van der Waals surface area contributed by atoms with Crippen molar-refractivity contribution in [1.82, 2.24) is 0 Å². The molecule has 0 heterocycles. The summed E-state index contributed by atoms with van der Waals surface area (Å²) in [6, 6.07) is 11.7. The number of nitrogens with two attached hydrogens (primary N) is 1. The Morgan fingerprint density at radius 2 is 1.36 bits per heavy atom. The lowest BCUT2D eigenvalue weighted by atomic mass is 9.95. The molecule has 0 fully saturated rings. The molecule has 0 bridgehead atoms. The maximum absolute atomic E-state index is 11.5. The lowest BCUT2D eigenvalue weighted by Gasteiger charge is -2.13. The lowest BCUT2D eigenvalue weighted by molar-refractivity contribution is 0.0995. The Balaban J connectivity index is 2.27. The molecule has 25 heavy (non-hydrogen) atoms. The zero-order valence-electron chi connectivity index (χ0n) is 12.8. The average molecular weight is 335 g/mol. The summed E-state index contributed by atoms with van der Waals surface area (Å²) < 4.78 is 0. The second-order valence-corrected chi connectivity index (χ2v) is 5.85. The highest BCUT2D eigenvalue weighted by Crippen LogP contribution is 2.47. The molecule has 0 unspecified atom stereocenters. The zero-order chi connectivity index (χ0) is 17.9. The molecule has 0 saturated carbocycles. The Kier molecular flexibility index (Phi) is 2.93. The van der Waals surface area contributed by atoms with Crippen LogP contribution in [-0.4, -0.2) is 26.3 Å². The quantitative estimate of drug-likeness (QED) is 0.342. The number of carbonyl (C=O) groups excluding carboxylic acids is 1. The first-order valence-electron chi connectivity index (χ1n) is 7.45. The van der Waals surface area contributed by atoms with E-state index in [1.54, 1.807) is 24.3 Å². The highest BCUT2D eigenvalue weighted by molar-refractivity contribution is 6.17. The number of phenolic OH excluding ortho intramolecular Hbond substituents is 2. The van der Waals surface area contributed by atoms with Crippen molar-refractivity contribution in [2.24, 2.45) is 5.73 Å². The van der Waals surface area contributed by atoms with Gasteiger partial charge in [-0.05, 0) is 34.4 Å². The molecule has 0 saturated heterocycles. The zero-order valence-corrected chi connectivity index (χ0v) is 12.8. The summed E-state index contributed by atoms with van der Waals surface area (Å²) in [5.41, 5.74) is 4.70. The second-order valence-electron chi connectivity index (χ2n) is 5.85. The molecule has 0 aliphatic heterocycles. The summed E-state index contributed by atoms with van der Waals surface area (Å²) in [6.07, 6.45) is 0. The van der Waals surface area contributed by atoms with E-state index in [-0.39, 0.29) is 16.5 Å². The van der Waals surface area contributed by atoms with Gasteiger partial charge in [0, 0.05) is 5.39 Å². The van der Waals surface area contributed by atoms with Crippen LogP contribution in [0.25, 0.3) is 32.3 Å². The van der Waals surface area contributed by atoms with E-state index in [1.807, 2.05) is 12.1 Å². The number of phenols is 4. The molecule has 4 aromatic rings. The van der Waals surface area contributed by atoms with Crippen LogP contribution in [0.4, 0.5) is 0 Å². The van der Waals surface area contributed by atoms with E-state index in [9.17, 15) is 25.2 Å². The second kappa shape index (κ2) is 4.91. The van der Waals surface area contributed by atoms with Crippen molar-refractivity contribution < 1.29 is 25.2 Å². The summed E-state index contributed by atoms with van der Waals surface area (Å²) >= 11 is 0. The highest BCUT2D eigenvalue weighted by Gasteiger charge is 2.22. The van der Waals surface area contributed by atoms with E-state index in [1.165, 1.54) is 6.07 Å². The number of fused-ring (bicyclic) bond motifs is 3. The summed E-state index contributed by atoms with van der Waals surface area (Å²) in [5.74, 6) is -2.67. The summed E-state index contributed by atoms with van der Waals surface area (Å²) in [6.45, 7) is 0. The Hall–Kier alpha value is -3.67. The van der Waals surface area contributed by atoms with E-state index in [2.05, 4.69) is 0 Å². The third kappa shape index (κ3) is 1.94. The van der Waals surface area contributed by atoms with Gasteiger partial charge >= 0.3 is 0 Å².